The van der Waals surface area contributed by atoms with Crippen LogP contribution in [0.1, 0.15) is 55.3 Å². The lowest BCUT2D eigenvalue weighted by Gasteiger charge is -2.37. The fourth-order valence-electron chi connectivity index (χ4n) is 3.76. The fraction of sp³-hybridized carbons (Fsp3) is 0.632. The lowest BCUT2D eigenvalue weighted by Crippen LogP contribution is -2.44. The van der Waals surface area contributed by atoms with Gasteiger partial charge in [0.15, 0.2) is 0 Å². The van der Waals surface area contributed by atoms with Crippen molar-refractivity contribution in [2.24, 2.45) is 5.92 Å². The topological polar surface area (TPSA) is 49.8 Å². The number of aliphatic hydroxyl groups is 1. The summed E-state index contributed by atoms with van der Waals surface area (Å²) in [5, 5.41) is 9.10. The van der Waals surface area contributed by atoms with E-state index in [4.69, 9.17) is 9.84 Å². The second-order valence-electron chi connectivity index (χ2n) is 6.86. The third kappa shape index (κ3) is 3.86. The molecule has 126 valence electrons. The van der Waals surface area contributed by atoms with Crippen LogP contribution in [-0.2, 0) is 0 Å². The molecule has 0 unspecified atom stereocenters. The Bertz CT molecular complexity index is 516. The third-order valence-electron chi connectivity index (χ3n) is 5.26. The molecule has 0 bridgehead atoms. The van der Waals surface area contributed by atoms with Gasteiger partial charge in [0.2, 0.25) is 0 Å². The van der Waals surface area contributed by atoms with Gasteiger partial charge in [-0.15, -0.1) is 0 Å². The Morgan fingerprint density at radius 3 is 2.13 bits per heavy atom. The molecule has 1 aromatic carbocycles. The number of ether oxygens (including phenoxy) is 1. The Hall–Kier alpha value is -1.55. The summed E-state index contributed by atoms with van der Waals surface area (Å²) < 4.78 is 5.17. The highest BCUT2D eigenvalue weighted by atomic mass is 16.5. The van der Waals surface area contributed by atoms with Gasteiger partial charge in [0.25, 0.3) is 5.91 Å². The molecule has 1 amide bonds. The molecule has 0 saturated heterocycles. The van der Waals surface area contributed by atoms with Gasteiger partial charge >= 0.3 is 0 Å². The molecule has 0 spiro atoms. The van der Waals surface area contributed by atoms with Crippen LogP contribution in [0.3, 0.4) is 0 Å². The molecule has 4 heteroatoms. The number of hydrogen-bond donors (Lipinski definition) is 1. The Labute approximate surface area is 138 Å². The minimum absolute atomic E-state index is 0.167. The van der Waals surface area contributed by atoms with Crippen molar-refractivity contribution in [3.8, 4) is 5.75 Å². The van der Waals surface area contributed by atoms with E-state index in [1.165, 1.54) is 0 Å². The van der Waals surface area contributed by atoms with E-state index >= 15 is 0 Å². The zero-order chi connectivity index (χ0) is 16.2. The first kappa shape index (κ1) is 16.3. The Kier molecular flexibility index (Phi) is 5.21. The molecule has 0 heterocycles. The van der Waals surface area contributed by atoms with Crippen molar-refractivity contribution in [1.82, 2.24) is 4.90 Å². The van der Waals surface area contributed by atoms with Gasteiger partial charge in [-0.3, -0.25) is 4.79 Å². The Balaban J connectivity index is 1.67. The van der Waals surface area contributed by atoms with Crippen LogP contribution < -0.4 is 4.74 Å². The quantitative estimate of drug-likeness (QED) is 0.876. The summed E-state index contributed by atoms with van der Waals surface area (Å²) in [6.45, 7) is 0.284. The summed E-state index contributed by atoms with van der Waals surface area (Å²) >= 11 is 0. The van der Waals surface area contributed by atoms with Gasteiger partial charge in [-0.05, 0) is 75.1 Å². The monoisotopic (exact) mass is 317 g/mol. The van der Waals surface area contributed by atoms with Crippen LogP contribution in [0.15, 0.2) is 24.3 Å². The summed E-state index contributed by atoms with van der Waals surface area (Å²) in [4.78, 5) is 15.1. The number of carbonyl (C=O) groups is 1. The molecule has 0 atom stereocenters. The van der Waals surface area contributed by atoms with Crippen LogP contribution in [0.4, 0.5) is 0 Å². The first-order valence-electron chi connectivity index (χ1n) is 8.80. The third-order valence-corrected chi connectivity index (χ3v) is 5.26. The molecule has 0 aliphatic heterocycles. The van der Waals surface area contributed by atoms with E-state index in [0.29, 0.717) is 18.0 Å². The standard InChI is InChI=1S/C19H27NO3/c1-23-18-10-4-15(5-11-18)19(22)20(17-8-9-17)16-6-2-14(3-7-16)12-13-21/h4-5,10-11,14,16-17,21H,2-3,6-9,12-13H2,1H3/t14-,16-. The molecule has 2 aliphatic carbocycles. The van der Waals surface area contributed by atoms with Gasteiger partial charge < -0.3 is 14.7 Å². The van der Waals surface area contributed by atoms with Gasteiger partial charge in [0, 0.05) is 24.3 Å². The molecule has 3 rings (SSSR count). The fourth-order valence-corrected chi connectivity index (χ4v) is 3.76. The maximum Gasteiger partial charge on any atom is 0.254 e. The zero-order valence-corrected chi connectivity index (χ0v) is 13.9. The van der Waals surface area contributed by atoms with E-state index < -0.39 is 0 Å². The normalized spacial score (nSPS) is 24.3. The molecule has 1 N–H and O–H groups in total. The van der Waals surface area contributed by atoms with Crippen molar-refractivity contribution in [3.63, 3.8) is 0 Å². The van der Waals surface area contributed by atoms with E-state index in [0.717, 1.165) is 56.3 Å². The van der Waals surface area contributed by atoms with Crippen molar-refractivity contribution in [2.75, 3.05) is 13.7 Å². The predicted molar refractivity (Wildman–Crippen MR) is 89.6 cm³/mol. The number of hydrogen-bond acceptors (Lipinski definition) is 3. The number of benzene rings is 1. The minimum atomic E-state index is 0.167. The highest BCUT2D eigenvalue weighted by molar-refractivity contribution is 5.95. The molecule has 2 aliphatic rings. The Morgan fingerprint density at radius 1 is 1.09 bits per heavy atom. The van der Waals surface area contributed by atoms with E-state index in [2.05, 4.69) is 4.90 Å². The van der Waals surface area contributed by atoms with Crippen LogP contribution in [0, 0.1) is 5.92 Å². The maximum atomic E-state index is 13.0. The van der Waals surface area contributed by atoms with E-state index in [1.54, 1.807) is 7.11 Å². The minimum Gasteiger partial charge on any atom is -0.497 e. The van der Waals surface area contributed by atoms with Crippen molar-refractivity contribution in [2.45, 2.75) is 57.0 Å². The number of carbonyl (C=O) groups excluding carboxylic acids is 1. The number of aliphatic hydroxyl groups excluding tert-OH is 1. The average molecular weight is 317 g/mol. The molecular weight excluding hydrogens is 290 g/mol. The first-order valence-corrected chi connectivity index (χ1v) is 8.80. The summed E-state index contributed by atoms with van der Waals surface area (Å²) in [5.41, 5.74) is 0.759. The second-order valence-corrected chi connectivity index (χ2v) is 6.86. The van der Waals surface area contributed by atoms with Crippen LogP contribution >= 0.6 is 0 Å². The predicted octanol–water partition coefficient (Wildman–Crippen LogP) is 3.24. The molecule has 0 radical (unpaired) electrons. The molecule has 2 saturated carbocycles. The maximum absolute atomic E-state index is 13.0. The number of methoxy groups -OCH3 is 1. The Morgan fingerprint density at radius 2 is 1.65 bits per heavy atom. The van der Waals surface area contributed by atoms with Crippen molar-refractivity contribution in [3.05, 3.63) is 29.8 Å². The van der Waals surface area contributed by atoms with E-state index in [-0.39, 0.29) is 12.5 Å². The first-order chi connectivity index (χ1) is 11.2. The van der Waals surface area contributed by atoms with E-state index in [1.807, 2.05) is 24.3 Å². The van der Waals surface area contributed by atoms with Gasteiger partial charge in [0.1, 0.15) is 5.75 Å². The number of rotatable bonds is 6. The lowest BCUT2D eigenvalue weighted by atomic mass is 9.83. The summed E-state index contributed by atoms with van der Waals surface area (Å²) in [5.74, 6) is 1.58. The average Bonchev–Trinajstić information content (AvgIpc) is 3.42. The number of nitrogens with zero attached hydrogens (tertiary/aromatic N) is 1. The van der Waals surface area contributed by atoms with Gasteiger partial charge in [-0.2, -0.15) is 0 Å². The lowest BCUT2D eigenvalue weighted by molar-refractivity contribution is 0.0578. The smallest absolute Gasteiger partial charge is 0.254 e. The molecule has 2 fully saturated rings. The highest BCUT2D eigenvalue weighted by Crippen LogP contribution is 2.37. The van der Waals surface area contributed by atoms with E-state index in [9.17, 15) is 4.79 Å². The summed E-state index contributed by atoms with van der Waals surface area (Å²) in [6, 6.07) is 8.26. The van der Waals surface area contributed by atoms with Crippen LogP contribution in [0.25, 0.3) is 0 Å². The van der Waals surface area contributed by atoms with Crippen LogP contribution in [-0.4, -0.2) is 41.7 Å². The summed E-state index contributed by atoms with van der Waals surface area (Å²) in [6.07, 6.45) is 7.58. The number of amides is 1. The summed E-state index contributed by atoms with van der Waals surface area (Å²) in [7, 11) is 1.64. The molecular formula is C19H27NO3. The van der Waals surface area contributed by atoms with Crippen LogP contribution in [0.2, 0.25) is 0 Å². The molecule has 23 heavy (non-hydrogen) atoms. The van der Waals surface area contributed by atoms with Crippen molar-refractivity contribution in [1.29, 1.82) is 0 Å². The second kappa shape index (κ2) is 7.35. The van der Waals surface area contributed by atoms with Crippen LogP contribution in [0.5, 0.6) is 5.75 Å². The zero-order valence-electron chi connectivity index (χ0n) is 13.9. The largest absolute Gasteiger partial charge is 0.497 e. The van der Waals surface area contributed by atoms with Gasteiger partial charge in [-0.1, -0.05) is 0 Å². The van der Waals surface area contributed by atoms with Gasteiger partial charge in [0.05, 0.1) is 7.11 Å². The molecule has 4 nitrogen and oxygen atoms in total. The highest BCUT2D eigenvalue weighted by Gasteiger charge is 2.39. The molecule has 1 aromatic rings. The van der Waals surface area contributed by atoms with Crippen molar-refractivity contribution >= 4 is 5.91 Å². The van der Waals surface area contributed by atoms with Crippen molar-refractivity contribution < 1.29 is 14.6 Å². The molecule has 0 aromatic heterocycles. The SMILES string of the molecule is COc1ccc(C(=O)N(C2CC2)[C@H]2CC[C@H](CCO)CC2)cc1. The van der Waals surface area contributed by atoms with Gasteiger partial charge in [-0.25, -0.2) is 0 Å².